The number of carboxylic acid groups (broad SMARTS) is 1. The van der Waals surface area contributed by atoms with Crippen LogP contribution in [0.25, 0.3) is 17.3 Å². The lowest BCUT2D eigenvalue weighted by molar-refractivity contribution is 0.0697. The highest BCUT2D eigenvalue weighted by molar-refractivity contribution is 5.88. The topological polar surface area (TPSA) is 87.5 Å². The molecule has 6 nitrogen and oxygen atoms in total. The molecule has 0 radical (unpaired) electrons. The zero-order chi connectivity index (χ0) is 19.6. The summed E-state index contributed by atoms with van der Waals surface area (Å²) in [6, 6.07) is 16.7. The predicted molar refractivity (Wildman–Crippen MR) is 108 cm³/mol. The van der Waals surface area contributed by atoms with E-state index in [1.807, 2.05) is 24.3 Å². The van der Waals surface area contributed by atoms with Gasteiger partial charge in [-0.15, -0.1) is 0 Å². The fourth-order valence-corrected chi connectivity index (χ4v) is 3.32. The average molecular weight is 372 g/mol. The Hall–Kier alpha value is -3.54. The van der Waals surface area contributed by atoms with Crippen molar-refractivity contribution in [3.05, 3.63) is 77.1 Å². The number of fused-ring (bicyclic) bond motifs is 1. The molecule has 0 saturated carbocycles. The molecule has 6 heteroatoms. The molecule has 1 aliphatic heterocycles. The summed E-state index contributed by atoms with van der Waals surface area (Å²) in [5.74, 6) is -0.215. The van der Waals surface area contributed by atoms with Gasteiger partial charge >= 0.3 is 5.97 Å². The summed E-state index contributed by atoms with van der Waals surface area (Å²) in [6.07, 6.45) is 4.56. The van der Waals surface area contributed by atoms with Crippen molar-refractivity contribution >= 4 is 17.9 Å². The van der Waals surface area contributed by atoms with Gasteiger partial charge in [0, 0.05) is 18.2 Å². The molecular formula is C22H20N4O2. The van der Waals surface area contributed by atoms with E-state index in [1.165, 1.54) is 11.5 Å². The second-order valence-electron chi connectivity index (χ2n) is 7.02. The summed E-state index contributed by atoms with van der Waals surface area (Å²) in [6.45, 7) is 2.85. The zero-order valence-electron chi connectivity index (χ0n) is 15.5. The number of aromatic nitrogens is 2. The second-order valence-corrected chi connectivity index (χ2v) is 7.02. The third kappa shape index (κ3) is 3.76. The van der Waals surface area contributed by atoms with Crippen molar-refractivity contribution in [3.8, 4) is 11.3 Å². The number of carboxylic acids is 1. The first kappa shape index (κ1) is 17.9. The lowest BCUT2D eigenvalue weighted by atomic mass is 9.99. The van der Waals surface area contributed by atoms with Crippen molar-refractivity contribution in [2.75, 3.05) is 11.9 Å². The Morgan fingerprint density at radius 1 is 1.11 bits per heavy atom. The van der Waals surface area contributed by atoms with Crippen LogP contribution >= 0.6 is 0 Å². The Morgan fingerprint density at radius 3 is 2.64 bits per heavy atom. The van der Waals surface area contributed by atoms with Crippen molar-refractivity contribution in [3.63, 3.8) is 0 Å². The molecule has 2 heterocycles. The molecule has 0 spiro atoms. The van der Waals surface area contributed by atoms with E-state index in [9.17, 15) is 4.79 Å². The van der Waals surface area contributed by atoms with E-state index in [0.717, 1.165) is 35.4 Å². The predicted octanol–water partition coefficient (Wildman–Crippen LogP) is 2.52. The molecule has 0 saturated heterocycles. The Bertz CT molecular complexity index is 1100. The maximum atomic E-state index is 11.0. The van der Waals surface area contributed by atoms with Crippen LogP contribution in [0, 0.1) is 0 Å². The molecule has 4 rings (SSSR count). The molecule has 3 aromatic rings. The quantitative estimate of drug-likeness (QED) is 0.694. The molecule has 28 heavy (non-hydrogen) atoms. The minimum absolute atomic E-state index is 0.223. The van der Waals surface area contributed by atoms with E-state index >= 15 is 0 Å². The molecular weight excluding hydrogens is 352 g/mol. The van der Waals surface area contributed by atoms with Crippen LogP contribution in [-0.4, -0.2) is 33.1 Å². The number of nitrogens with zero attached hydrogens (tertiary/aromatic N) is 3. The highest BCUT2D eigenvalue weighted by Crippen LogP contribution is 2.21. The Kier molecular flexibility index (Phi) is 4.61. The highest BCUT2D eigenvalue weighted by Gasteiger charge is 2.22. The molecule has 2 N–H and O–H groups in total. The number of hydrogen-bond donors (Lipinski definition) is 2. The van der Waals surface area contributed by atoms with Crippen LogP contribution in [0.5, 0.6) is 0 Å². The number of para-hydroxylation sites is 1. The Morgan fingerprint density at radius 2 is 1.89 bits per heavy atom. The number of nitrogens with one attached hydrogen (secondary N) is 1. The minimum Gasteiger partial charge on any atom is -0.478 e. The molecule has 140 valence electrons. The third-order valence-electron chi connectivity index (χ3n) is 4.81. The normalized spacial score (nSPS) is 17.3. The summed E-state index contributed by atoms with van der Waals surface area (Å²) in [5.41, 5.74) is 1.61. The molecule has 0 amide bonds. The lowest BCUT2D eigenvalue weighted by Crippen LogP contribution is -2.22. The highest BCUT2D eigenvalue weighted by atomic mass is 16.4. The number of benzene rings is 2. The minimum atomic E-state index is -0.943. The first-order chi connectivity index (χ1) is 13.5. The first-order valence-corrected chi connectivity index (χ1v) is 9.10. The van der Waals surface area contributed by atoms with Gasteiger partial charge in [0.1, 0.15) is 12.1 Å². The van der Waals surface area contributed by atoms with Gasteiger partial charge < -0.3 is 10.4 Å². The molecule has 1 aliphatic rings. The van der Waals surface area contributed by atoms with Crippen LogP contribution in [0.4, 0.5) is 5.82 Å². The van der Waals surface area contributed by atoms with Crippen LogP contribution in [0.3, 0.4) is 0 Å². The van der Waals surface area contributed by atoms with Crippen molar-refractivity contribution in [2.45, 2.75) is 18.9 Å². The summed E-state index contributed by atoms with van der Waals surface area (Å²) < 4.78 is 0. The smallest absolute Gasteiger partial charge is 0.335 e. The summed E-state index contributed by atoms with van der Waals surface area (Å²) in [4.78, 5) is 24.4. The third-order valence-corrected chi connectivity index (χ3v) is 4.81. The molecule has 0 bridgehead atoms. The van der Waals surface area contributed by atoms with Crippen LogP contribution < -0.4 is 15.9 Å². The van der Waals surface area contributed by atoms with Gasteiger partial charge in [-0.1, -0.05) is 30.3 Å². The average Bonchev–Trinajstić information content (AvgIpc) is 3.04. The van der Waals surface area contributed by atoms with E-state index in [-0.39, 0.29) is 11.1 Å². The van der Waals surface area contributed by atoms with Crippen LogP contribution in [0.1, 0.15) is 23.7 Å². The standard InChI is InChI=1S/C22H20N4O2/c1-22(13-17-4-2-3-5-18(17)26-22)10-11-23-20-12-19(24-14-25-20)15-6-8-16(9-7-15)21(27)28/h2-9,12-14H,10-11H2,1H3,(H,27,28)(H,23,24,25). The van der Waals surface area contributed by atoms with Crippen LogP contribution in [0.15, 0.2) is 65.9 Å². The summed E-state index contributed by atoms with van der Waals surface area (Å²) in [7, 11) is 0. The number of carbonyl (C=O) groups is 1. The van der Waals surface area contributed by atoms with Crippen molar-refractivity contribution in [2.24, 2.45) is 4.99 Å². The number of rotatable bonds is 6. The van der Waals surface area contributed by atoms with Gasteiger partial charge in [0.2, 0.25) is 0 Å². The Labute approximate surface area is 162 Å². The van der Waals surface area contributed by atoms with Crippen molar-refractivity contribution in [1.82, 2.24) is 9.97 Å². The number of aromatic carboxylic acids is 1. The molecule has 0 aliphatic carbocycles. The van der Waals surface area contributed by atoms with Gasteiger partial charge in [-0.25, -0.2) is 14.8 Å². The van der Waals surface area contributed by atoms with Crippen molar-refractivity contribution < 1.29 is 9.90 Å². The maximum absolute atomic E-state index is 11.0. The second kappa shape index (κ2) is 7.23. The Balaban J connectivity index is 1.43. The zero-order valence-corrected chi connectivity index (χ0v) is 15.5. The van der Waals surface area contributed by atoms with Gasteiger partial charge in [0.15, 0.2) is 0 Å². The summed E-state index contributed by atoms with van der Waals surface area (Å²) in [5, 5.41) is 14.6. The van der Waals surface area contributed by atoms with Crippen molar-refractivity contribution in [1.29, 1.82) is 0 Å². The first-order valence-electron chi connectivity index (χ1n) is 9.10. The van der Waals surface area contributed by atoms with E-state index in [0.29, 0.717) is 0 Å². The SMILES string of the molecule is CC1(CCNc2cc(-c3ccc(C(=O)O)cc3)ncn2)C=c2ccccc2=N1. The van der Waals surface area contributed by atoms with E-state index in [2.05, 4.69) is 34.4 Å². The number of anilines is 1. The van der Waals surface area contributed by atoms with E-state index in [4.69, 9.17) is 10.1 Å². The number of hydrogen-bond acceptors (Lipinski definition) is 5. The van der Waals surface area contributed by atoms with Crippen LogP contribution in [-0.2, 0) is 0 Å². The van der Waals surface area contributed by atoms with Gasteiger partial charge in [0.25, 0.3) is 0 Å². The molecule has 1 atom stereocenters. The fourth-order valence-electron chi connectivity index (χ4n) is 3.32. The van der Waals surface area contributed by atoms with Crippen LogP contribution in [0.2, 0.25) is 0 Å². The molecule has 1 unspecified atom stereocenters. The van der Waals surface area contributed by atoms with Gasteiger partial charge in [-0.3, -0.25) is 4.99 Å². The van der Waals surface area contributed by atoms with Gasteiger partial charge in [0.05, 0.1) is 22.2 Å². The largest absolute Gasteiger partial charge is 0.478 e. The monoisotopic (exact) mass is 372 g/mol. The van der Waals surface area contributed by atoms with E-state index < -0.39 is 5.97 Å². The van der Waals surface area contributed by atoms with Gasteiger partial charge in [-0.2, -0.15) is 0 Å². The summed E-state index contributed by atoms with van der Waals surface area (Å²) >= 11 is 0. The molecule has 2 aromatic carbocycles. The van der Waals surface area contributed by atoms with Gasteiger partial charge in [-0.05, 0) is 42.8 Å². The molecule has 1 aromatic heterocycles. The maximum Gasteiger partial charge on any atom is 0.335 e. The fraction of sp³-hybridized carbons (Fsp3) is 0.182. The lowest BCUT2D eigenvalue weighted by Gasteiger charge is -2.18. The van der Waals surface area contributed by atoms with E-state index in [1.54, 1.807) is 24.3 Å². The molecule has 0 fully saturated rings.